The summed E-state index contributed by atoms with van der Waals surface area (Å²) in [5.74, 6) is -0.104. The van der Waals surface area contributed by atoms with Crippen LogP contribution in [0, 0.1) is 6.92 Å². The number of aromatic nitrogens is 2. The second-order valence-corrected chi connectivity index (χ2v) is 9.40. The van der Waals surface area contributed by atoms with E-state index in [2.05, 4.69) is 36.2 Å². The topological polar surface area (TPSA) is 67.7 Å². The maximum Gasteiger partial charge on any atom is 0.410 e. The average Bonchev–Trinajstić information content (AvgIpc) is 3.39. The van der Waals surface area contributed by atoms with Gasteiger partial charge in [-0.25, -0.2) is 9.78 Å². The minimum absolute atomic E-state index is 0.104. The van der Waals surface area contributed by atoms with Crippen LogP contribution in [-0.2, 0) is 23.4 Å². The zero-order valence-electron chi connectivity index (χ0n) is 18.4. The number of rotatable bonds is 3. The summed E-state index contributed by atoms with van der Waals surface area (Å²) in [6.07, 6.45) is 3.23. The molecule has 0 bridgehead atoms. The number of imidazole rings is 1. The van der Waals surface area contributed by atoms with E-state index in [0.29, 0.717) is 25.3 Å². The van der Waals surface area contributed by atoms with Crippen molar-refractivity contribution < 1.29 is 14.3 Å². The summed E-state index contributed by atoms with van der Waals surface area (Å²) in [5, 5.41) is 0. The summed E-state index contributed by atoms with van der Waals surface area (Å²) < 4.78 is 7.48. The first kappa shape index (κ1) is 20.4. The third kappa shape index (κ3) is 3.68. The molecule has 2 heterocycles. The van der Waals surface area contributed by atoms with Crippen LogP contribution in [-0.4, -0.2) is 50.5 Å². The Labute approximate surface area is 177 Å². The molecule has 2 amide bonds. The number of amides is 2. The molecule has 0 atom stereocenters. The highest BCUT2D eigenvalue weighted by Crippen LogP contribution is 2.50. The molecule has 1 fully saturated rings. The van der Waals surface area contributed by atoms with Gasteiger partial charge in [-0.1, -0.05) is 29.8 Å². The largest absolute Gasteiger partial charge is 0.444 e. The van der Waals surface area contributed by atoms with E-state index in [-0.39, 0.29) is 17.5 Å². The van der Waals surface area contributed by atoms with Crippen LogP contribution < -0.4 is 0 Å². The summed E-state index contributed by atoms with van der Waals surface area (Å²) in [6.45, 7) is 9.07. The van der Waals surface area contributed by atoms with Gasteiger partial charge < -0.3 is 19.1 Å². The first-order valence-electron chi connectivity index (χ1n) is 10.5. The Morgan fingerprint density at radius 3 is 2.40 bits per heavy atom. The highest BCUT2D eigenvalue weighted by Gasteiger charge is 2.50. The van der Waals surface area contributed by atoms with Gasteiger partial charge >= 0.3 is 6.09 Å². The molecule has 2 aromatic rings. The molecular formula is C23H30N4O3. The fourth-order valence-corrected chi connectivity index (χ4v) is 4.07. The van der Waals surface area contributed by atoms with Gasteiger partial charge in [0, 0.05) is 20.1 Å². The number of aryl methyl sites for hydroxylation is 1. The van der Waals surface area contributed by atoms with Gasteiger partial charge in [0.25, 0.3) is 5.91 Å². The molecule has 1 aliphatic carbocycles. The molecule has 7 heteroatoms. The van der Waals surface area contributed by atoms with Crippen LogP contribution in [0.2, 0.25) is 0 Å². The second kappa shape index (κ2) is 7.15. The molecule has 2 aliphatic rings. The molecule has 0 spiro atoms. The van der Waals surface area contributed by atoms with Crippen molar-refractivity contribution in [2.45, 2.75) is 64.8 Å². The van der Waals surface area contributed by atoms with Crippen LogP contribution in [0.5, 0.6) is 0 Å². The molecule has 7 nitrogen and oxygen atoms in total. The fraction of sp³-hybridized carbons (Fsp3) is 0.522. The smallest absolute Gasteiger partial charge is 0.410 e. The van der Waals surface area contributed by atoms with Gasteiger partial charge in [0.15, 0.2) is 5.69 Å². The Morgan fingerprint density at radius 1 is 1.13 bits per heavy atom. The zero-order chi connectivity index (χ0) is 21.7. The van der Waals surface area contributed by atoms with Crippen molar-refractivity contribution >= 4 is 12.0 Å². The number of nitrogens with zero attached hydrogens (tertiary/aromatic N) is 4. The number of fused-ring (bicyclic) bond motifs is 1. The lowest BCUT2D eigenvalue weighted by atomic mass is 10.0. The molecule has 0 saturated heterocycles. The number of hydrogen-bond donors (Lipinski definition) is 0. The maximum absolute atomic E-state index is 13.4. The van der Waals surface area contributed by atoms with E-state index in [4.69, 9.17) is 4.74 Å². The van der Waals surface area contributed by atoms with Crippen molar-refractivity contribution in [1.29, 1.82) is 0 Å². The van der Waals surface area contributed by atoms with E-state index in [1.807, 2.05) is 37.3 Å². The SMILES string of the molecule is Cc1ccc(C2(N(C)C(=O)c3ncn4c3CN(C(=O)OC(C)(C)C)CC4)CC2)cc1. The minimum Gasteiger partial charge on any atom is -0.444 e. The highest BCUT2D eigenvalue weighted by molar-refractivity contribution is 5.94. The summed E-state index contributed by atoms with van der Waals surface area (Å²) in [5.41, 5.74) is 2.73. The molecule has 160 valence electrons. The zero-order valence-corrected chi connectivity index (χ0v) is 18.4. The molecule has 0 radical (unpaired) electrons. The highest BCUT2D eigenvalue weighted by atomic mass is 16.6. The van der Waals surface area contributed by atoms with Crippen LogP contribution >= 0.6 is 0 Å². The first-order valence-corrected chi connectivity index (χ1v) is 10.5. The second-order valence-electron chi connectivity index (χ2n) is 9.40. The van der Waals surface area contributed by atoms with E-state index in [0.717, 1.165) is 24.1 Å². The summed E-state index contributed by atoms with van der Waals surface area (Å²) in [7, 11) is 1.86. The molecule has 1 aromatic carbocycles. The molecule has 1 saturated carbocycles. The number of ether oxygens (including phenoxy) is 1. The molecule has 0 N–H and O–H groups in total. The molecule has 30 heavy (non-hydrogen) atoms. The minimum atomic E-state index is -0.556. The van der Waals surface area contributed by atoms with Gasteiger partial charge in [-0.15, -0.1) is 0 Å². The van der Waals surface area contributed by atoms with E-state index < -0.39 is 5.60 Å². The fourth-order valence-electron chi connectivity index (χ4n) is 4.07. The Morgan fingerprint density at radius 2 is 1.80 bits per heavy atom. The number of carbonyl (C=O) groups excluding carboxylic acids is 2. The van der Waals surface area contributed by atoms with Crippen molar-refractivity contribution in [2.24, 2.45) is 0 Å². The van der Waals surface area contributed by atoms with Crippen LogP contribution in [0.1, 0.15) is 60.9 Å². The quantitative estimate of drug-likeness (QED) is 0.774. The predicted octanol–water partition coefficient (Wildman–Crippen LogP) is 3.70. The van der Waals surface area contributed by atoms with Gasteiger partial charge in [-0.2, -0.15) is 0 Å². The van der Waals surface area contributed by atoms with Crippen molar-refractivity contribution in [2.75, 3.05) is 13.6 Å². The van der Waals surface area contributed by atoms with Gasteiger partial charge in [0.05, 0.1) is 24.1 Å². The molecule has 0 unspecified atom stereocenters. The van der Waals surface area contributed by atoms with Crippen molar-refractivity contribution in [3.63, 3.8) is 0 Å². The van der Waals surface area contributed by atoms with E-state index >= 15 is 0 Å². The van der Waals surface area contributed by atoms with Gasteiger partial charge in [-0.05, 0) is 46.1 Å². The Kier molecular flexibility index (Phi) is 4.87. The van der Waals surface area contributed by atoms with Crippen molar-refractivity contribution in [1.82, 2.24) is 19.4 Å². The van der Waals surface area contributed by atoms with Crippen LogP contribution in [0.15, 0.2) is 30.6 Å². The lowest BCUT2D eigenvalue weighted by molar-refractivity contribution is 0.0197. The Hall–Kier alpha value is -2.83. The monoisotopic (exact) mass is 410 g/mol. The Bertz CT molecular complexity index is 967. The van der Waals surface area contributed by atoms with Gasteiger partial charge in [0.2, 0.25) is 0 Å². The molecule has 1 aliphatic heterocycles. The van der Waals surface area contributed by atoms with Gasteiger partial charge in [0.1, 0.15) is 5.60 Å². The third-order valence-corrected chi connectivity index (χ3v) is 6.01. The predicted molar refractivity (Wildman–Crippen MR) is 113 cm³/mol. The summed E-state index contributed by atoms with van der Waals surface area (Å²) in [6, 6.07) is 8.40. The normalized spacial score (nSPS) is 17.3. The molecule has 4 rings (SSSR count). The number of benzene rings is 1. The van der Waals surface area contributed by atoms with E-state index in [9.17, 15) is 9.59 Å². The first-order chi connectivity index (χ1) is 14.1. The number of hydrogen-bond acceptors (Lipinski definition) is 4. The van der Waals surface area contributed by atoms with Gasteiger partial charge in [-0.3, -0.25) is 4.79 Å². The van der Waals surface area contributed by atoms with E-state index in [1.165, 1.54) is 5.56 Å². The van der Waals surface area contributed by atoms with Crippen molar-refractivity contribution in [3.8, 4) is 0 Å². The molecular weight excluding hydrogens is 380 g/mol. The number of carbonyl (C=O) groups is 2. The van der Waals surface area contributed by atoms with Crippen LogP contribution in [0.3, 0.4) is 0 Å². The lowest BCUT2D eigenvalue weighted by Crippen LogP contribution is -2.42. The average molecular weight is 411 g/mol. The standard InChI is InChI=1S/C23H30N4O3/c1-16-6-8-17(9-7-16)23(10-11-23)25(5)20(28)19-18-14-26(12-13-27(18)15-24-19)21(29)30-22(2,3)4/h6-9,15H,10-14H2,1-5H3. The third-order valence-electron chi connectivity index (χ3n) is 6.01. The van der Waals surface area contributed by atoms with E-state index in [1.54, 1.807) is 11.2 Å². The van der Waals surface area contributed by atoms with Crippen molar-refractivity contribution in [3.05, 3.63) is 53.1 Å². The molecule has 1 aromatic heterocycles. The van der Waals surface area contributed by atoms with Crippen LogP contribution in [0.4, 0.5) is 4.79 Å². The summed E-state index contributed by atoms with van der Waals surface area (Å²) >= 11 is 0. The Balaban J connectivity index is 1.55. The van der Waals surface area contributed by atoms with Crippen LogP contribution in [0.25, 0.3) is 0 Å². The maximum atomic E-state index is 13.4. The lowest BCUT2D eigenvalue weighted by Gasteiger charge is -2.32. The summed E-state index contributed by atoms with van der Waals surface area (Å²) in [4.78, 5) is 33.8.